The molecule has 5 heteroatoms. The van der Waals surface area contributed by atoms with Gasteiger partial charge in [0, 0.05) is 27.2 Å². The summed E-state index contributed by atoms with van der Waals surface area (Å²) in [4.78, 5) is 12.1. The number of hydrogen-bond donors (Lipinski definition) is 1. The Bertz CT molecular complexity index is 404. The summed E-state index contributed by atoms with van der Waals surface area (Å²) in [7, 11) is -1.31. The van der Waals surface area contributed by atoms with E-state index >= 15 is 0 Å². The minimum Gasteiger partial charge on any atom is -0.480 e. The molecule has 3 nitrogen and oxygen atoms in total. The van der Waals surface area contributed by atoms with Crippen LogP contribution >= 0.6 is 11.8 Å². The summed E-state index contributed by atoms with van der Waals surface area (Å²) in [5, 5.41) is 8.27. The maximum absolute atomic E-state index is 11.9. The fourth-order valence-electron chi connectivity index (χ4n) is 1.59. The van der Waals surface area contributed by atoms with Crippen LogP contribution in [0.15, 0.2) is 35.2 Å². The van der Waals surface area contributed by atoms with Crippen LogP contribution in [0.25, 0.3) is 0 Å². The van der Waals surface area contributed by atoms with Crippen molar-refractivity contribution >= 4 is 28.5 Å². The summed E-state index contributed by atoms with van der Waals surface area (Å²) in [5.41, 5.74) is 0. The summed E-state index contributed by atoms with van der Waals surface area (Å²) >= 11 is 1.60. The standard InChI is InChI=1S/C13H18O3S2/c1-10(2)12(13(14)15)18(16)9-8-17-11-6-4-3-5-7-11/h3-7,10,12H,8-9H2,1-2H3,(H,14,15). The average molecular weight is 286 g/mol. The topological polar surface area (TPSA) is 54.4 Å². The van der Waals surface area contributed by atoms with Crippen LogP contribution in [0.2, 0.25) is 0 Å². The number of carbonyl (C=O) groups is 1. The molecule has 0 spiro atoms. The van der Waals surface area contributed by atoms with Crippen molar-refractivity contribution in [2.45, 2.75) is 24.0 Å². The van der Waals surface area contributed by atoms with E-state index in [1.165, 1.54) is 0 Å². The second kappa shape index (κ2) is 7.59. The largest absolute Gasteiger partial charge is 0.480 e. The molecule has 0 fully saturated rings. The summed E-state index contributed by atoms with van der Waals surface area (Å²) in [5.74, 6) is 0.0139. The fourth-order valence-corrected chi connectivity index (χ4v) is 4.25. The van der Waals surface area contributed by atoms with Crippen LogP contribution in [0.5, 0.6) is 0 Å². The van der Waals surface area contributed by atoms with Gasteiger partial charge in [-0.3, -0.25) is 9.00 Å². The molecule has 0 aliphatic heterocycles. The van der Waals surface area contributed by atoms with E-state index < -0.39 is 22.0 Å². The number of thioether (sulfide) groups is 1. The zero-order valence-electron chi connectivity index (χ0n) is 10.5. The molecule has 18 heavy (non-hydrogen) atoms. The normalized spacial score (nSPS) is 14.4. The van der Waals surface area contributed by atoms with Gasteiger partial charge in [0.2, 0.25) is 0 Å². The minimum absolute atomic E-state index is 0.106. The first-order valence-corrected chi connectivity index (χ1v) is 8.17. The molecule has 0 saturated carbocycles. The highest BCUT2D eigenvalue weighted by molar-refractivity contribution is 8.00. The van der Waals surface area contributed by atoms with Crippen molar-refractivity contribution in [3.8, 4) is 0 Å². The van der Waals surface area contributed by atoms with Crippen molar-refractivity contribution in [1.29, 1.82) is 0 Å². The first kappa shape index (κ1) is 15.2. The molecule has 0 aliphatic carbocycles. The number of rotatable bonds is 7. The monoisotopic (exact) mass is 286 g/mol. The Labute approximate surface area is 114 Å². The lowest BCUT2D eigenvalue weighted by atomic mass is 10.1. The predicted molar refractivity (Wildman–Crippen MR) is 76.4 cm³/mol. The second-order valence-corrected chi connectivity index (χ2v) is 7.10. The molecule has 1 rings (SSSR count). The van der Waals surface area contributed by atoms with Gasteiger partial charge in [-0.05, 0) is 18.1 Å². The zero-order valence-corrected chi connectivity index (χ0v) is 12.2. The van der Waals surface area contributed by atoms with Gasteiger partial charge in [0.15, 0.2) is 0 Å². The van der Waals surface area contributed by atoms with Crippen molar-refractivity contribution in [3.05, 3.63) is 30.3 Å². The molecule has 0 amide bonds. The van der Waals surface area contributed by atoms with E-state index in [0.717, 1.165) is 4.90 Å². The summed E-state index contributed by atoms with van der Waals surface area (Å²) < 4.78 is 11.9. The van der Waals surface area contributed by atoms with Gasteiger partial charge in [-0.2, -0.15) is 0 Å². The van der Waals surface area contributed by atoms with Gasteiger partial charge in [0.05, 0.1) is 0 Å². The van der Waals surface area contributed by atoms with Crippen LogP contribution in [0.3, 0.4) is 0 Å². The van der Waals surface area contributed by atoms with Crippen LogP contribution in [0.1, 0.15) is 13.8 Å². The average Bonchev–Trinajstić information content (AvgIpc) is 2.29. The maximum Gasteiger partial charge on any atom is 0.319 e. The first-order valence-electron chi connectivity index (χ1n) is 5.80. The molecule has 2 atom stereocenters. The van der Waals surface area contributed by atoms with Crippen molar-refractivity contribution in [2.75, 3.05) is 11.5 Å². The van der Waals surface area contributed by atoms with Gasteiger partial charge in [-0.1, -0.05) is 32.0 Å². The molecule has 0 heterocycles. The molecule has 0 aliphatic rings. The highest BCUT2D eigenvalue weighted by atomic mass is 32.2. The number of aliphatic carboxylic acids is 1. The first-order chi connectivity index (χ1) is 8.52. The Morgan fingerprint density at radius 3 is 2.44 bits per heavy atom. The van der Waals surface area contributed by atoms with Crippen molar-refractivity contribution in [1.82, 2.24) is 0 Å². The molecule has 1 aromatic carbocycles. The van der Waals surface area contributed by atoms with Crippen LogP contribution in [-0.4, -0.2) is 32.0 Å². The molecule has 100 valence electrons. The highest BCUT2D eigenvalue weighted by Crippen LogP contribution is 2.18. The molecule has 1 aromatic rings. The summed E-state index contributed by atoms with van der Waals surface area (Å²) in [6, 6.07) is 9.83. The lowest BCUT2D eigenvalue weighted by Gasteiger charge is -2.15. The molecule has 0 saturated heterocycles. The van der Waals surface area contributed by atoms with Crippen molar-refractivity contribution in [2.24, 2.45) is 5.92 Å². The van der Waals surface area contributed by atoms with Gasteiger partial charge in [0.25, 0.3) is 0 Å². The smallest absolute Gasteiger partial charge is 0.319 e. The molecular formula is C13H18O3S2. The molecule has 0 radical (unpaired) electrons. The third-order valence-electron chi connectivity index (χ3n) is 2.43. The van der Waals surface area contributed by atoms with Gasteiger partial charge < -0.3 is 5.11 Å². The van der Waals surface area contributed by atoms with Gasteiger partial charge >= 0.3 is 5.97 Å². The Morgan fingerprint density at radius 2 is 1.94 bits per heavy atom. The van der Waals surface area contributed by atoms with Gasteiger partial charge in [-0.25, -0.2) is 0 Å². The van der Waals surface area contributed by atoms with Crippen LogP contribution in [-0.2, 0) is 15.6 Å². The second-order valence-electron chi connectivity index (χ2n) is 4.25. The van der Waals surface area contributed by atoms with E-state index in [4.69, 9.17) is 5.11 Å². The Hall–Kier alpha value is -0.810. The van der Waals surface area contributed by atoms with E-state index in [9.17, 15) is 9.00 Å². The van der Waals surface area contributed by atoms with E-state index in [1.807, 2.05) is 30.3 Å². The summed E-state index contributed by atoms with van der Waals surface area (Å²) in [6.07, 6.45) is 0. The minimum atomic E-state index is -1.31. The quantitative estimate of drug-likeness (QED) is 0.783. The Morgan fingerprint density at radius 1 is 1.33 bits per heavy atom. The maximum atomic E-state index is 11.9. The van der Waals surface area contributed by atoms with Crippen LogP contribution in [0.4, 0.5) is 0 Å². The highest BCUT2D eigenvalue weighted by Gasteiger charge is 2.27. The lowest BCUT2D eigenvalue weighted by molar-refractivity contribution is -0.137. The van der Waals surface area contributed by atoms with E-state index in [-0.39, 0.29) is 5.92 Å². The lowest BCUT2D eigenvalue weighted by Crippen LogP contribution is -2.32. The predicted octanol–water partition coefficient (Wildman–Crippen LogP) is 2.64. The van der Waals surface area contributed by atoms with E-state index in [0.29, 0.717) is 11.5 Å². The fraction of sp³-hybridized carbons (Fsp3) is 0.462. The number of carboxylic acid groups (broad SMARTS) is 1. The zero-order chi connectivity index (χ0) is 13.5. The summed E-state index contributed by atoms with van der Waals surface area (Å²) in [6.45, 7) is 3.59. The van der Waals surface area contributed by atoms with Crippen molar-refractivity contribution in [3.63, 3.8) is 0 Å². The van der Waals surface area contributed by atoms with Crippen LogP contribution in [0, 0.1) is 5.92 Å². The Kier molecular flexibility index (Phi) is 6.43. The molecule has 2 unspecified atom stereocenters. The SMILES string of the molecule is CC(C)C(C(=O)O)S(=O)CCSc1ccccc1. The molecule has 0 aromatic heterocycles. The molecule has 0 bridgehead atoms. The van der Waals surface area contributed by atoms with Gasteiger partial charge in [0.1, 0.15) is 5.25 Å². The third kappa shape index (κ3) is 4.82. The molecular weight excluding hydrogens is 268 g/mol. The van der Waals surface area contributed by atoms with Gasteiger partial charge in [-0.15, -0.1) is 11.8 Å². The Balaban J connectivity index is 2.43. The number of carboxylic acids is 1. The van der Waals surface area contributed by atoms with E-state index in [1.54, 1.807) is 25.6 Å². The third-order valence-corrected chi connectivity index (χ3v) is 5.62. The van der Waals surface area contributed by atoms with E-state index in [2.05, 4.69) is 0 Å². The number of benzene rings is 1. The molecule has 1 N–H and O–H groups in total. The van der Waals surface area contributed by atoms with Crippen LogP contribution < -0.4 is 0 Å². The number of hydrogen-bond acceptors (Lipinski definition) is 3. The van der Waals surface area contributed by atoms with Crippen molar-refractivity contribution < 1.29 is 14.1 Å².